The third kappa shape index (κ3) is 2.43. The van der Waals surface area contributed by atoms with Crippen LogP contribution >= 0.6 is 0 Å². The van der Waals surface area contributed by atoms with Gasteiger partial charge in [0.25, 0.3) is 0 Å². The molecular formula is C19H19N3. The number of piperidine rings is 1. The van der Waals surface area contributed by atoms with Gasteiger partial charge in [-0.3, -0.25) is 0 Å². The van der Waals surface area contributed by atoms with E-state index in [9.17, 15) is 0 Å². The van der Waals surface area contributed by atoms with Crippen molar-refractivity contribution in [2.45, 2.75) is 19.3 Å². The van der Waals surface area contributed by atoms with Gasteiger partial charge in [-0.15, -0.1) is 0 Å². The lowest BCUT2D eigenvalue weighted by Crippen LogP contribution is -2.30. The summed E-state index contributed by atoms with van der Waals surface area (Å²) in [5, 5.41) is 0. The highest BCUT2D eigenvalue weighted by atomic mass is 15.2. The molecule has 0 saturated carbocycles. The van der Waals surface area contributed by atoms with E-state index in [2.05, 4.69) is 29.2 Å². The molecule has 0 amide bonds. The lowest BCUT2D eigenvalue weighted by Gasteiger charge is -2.29. The average molecular weight is 289 g/mol. The molecule has 0 atom stereocenters. The molecule has 22 heavy (non-hydrogen) atoms. The molecule has 3 nitrogen and oxygen atoms in total. The number of hydrogen-bond acceptors (Lipinski definition) is 3. The van der Waals surface area contributed by atoms with E-state index in [0.29, 0.717) is 0 Å². The van der Waals surface area contributed by atoms with Gasteiger partial charge in [0.05, 0.1) is 11.0 Å². The van der Waals surface area contributed by atoms with Crippen molar-refractivity contribution >= 4 is 16.9 Å². The van der Waals surface area contributed by atoms with E-state index in [-0.39, 0.29) is 0 Å². The van der Waals surface area contributed by atoms with Gasteiger partial charge in [0.15, 0.2) is 5.82 Å². The molecule has 3 heteroatoms. The molecule has 0 spiro atoms. The summed E-state index contributed by atoms with van der Waals surface area (Å²) in [6, 6.07) is 18.5. The number of anilines is 1. The molecule has 0 N–H and O–H groups in total. The minimum atomic E-state index is 0.960. The minimum Gasteiger partial charge on any atom is -0.355 e. The zero-order valence-corrected chi connectivity index (χ0v) is 12.6. The summed E-state index contributed by atoms with van der Waals surface area (Å²) in [7, 11) is 0. The minimum absolute atomic E-state index is 0.960. The number of benzene rings is 2. The van der Waals surface area contributed by atoms with E-state index in [1.807, 2.05) is 30.3 Å². The summed E-state index contributed by atoms with van der Waals surface area (Å²) >= 11 is 0. The topological polar surface area (TPSA) is 29.0 Å². The SMILES string of the molecule is c1ccc(-c2nc3ccccc3nc2N2CCCCC2)cc1. The molecule has 1 aromatic heterocycles. The van der Waals surface area contributed by atoms with Crippen molar-refractivity contribution in [3.63, 3.8) is 0 Å². The first-order valence-electron chi connectivity index (χ1n) is 7.99. The van der Waals surface area contributed by atoms with Crippen LogP contribution in [0.3, 0.4) is 0 Å². The van der Waals surface area contributed by atoms with Crippen LogP contribution in [0.2, 0.25) is 0 Å². The maximum atomic E-state index is 4.94. The lowest BCUT2D eigenvalue weighted by atomic mass is 10.1. The number of hydrogen-bond donors (Lipinski definition) is 0. The van der Waals surface area contributed by atoms with Gasteiger partial charge in [0.1, 0.15) is 5.69 Å². The summed E-state index contributed by atoms with van der Waals surface area (Å²) in [6.45, 7) is 2.15. The Morgan fingerprint density at radius 3 is 2.05 bits per heavy atom. The van der Waals surface area contributed by atoms with Gasteiger partial charge < -0.3 is 4.90 Å². The molecule has 0 radical (unpaired) electrons. The third-order valence-electron chi connectivity index (χ3n) is 4.25. The van der Waals surface area contributed by atoms with Crippen LogP contribution in [0, 0.1) is 0 Å². The van der Waals surface area contributed by atoms with Crippen molar-refractivity contribution in [2.24, 2.45) is 0 Å². The van der Waals surface area contributed by atoms with E-state index in [1.54, 1.807) is 0 Å². The van der Waals surface area contributed by atoms with E-state index >= 15 is 0 Å². The van der Waals surface area contributed by atoms with Gasteiger partial charge in [-0.25, -0.2) is 9.97 Å². The number of fused-ring (bicyclic) bond motifs is 1. The highest BCUT2D eigenvalue weighted by molar-refractivity contribution is 5.83. The van der Waals surface area contributed by atoms with Crippen LogP contribution in [-0.4, -0.2) is 23.1 Å². The monoisotopic (exact) mass is 289 g/mol. The Balaban J connectivity index is 1.91. The van der Waals surface area contributed by atoms with E-state index < -0.39 is 0 Å². The highest BCUT2D eigenvalue weighted by Gasteiger charge is 2.19. The van der Waals surface area contributed by atoms with Crippen LogP contribution in [0.4, 0.5) is 5.82 Å². The normalized spacial score (nSPS) is 15.2. The Morgan fingerprint density at radius 2 is 1.32 bits per heavy atom. The van der Waals surface area contributed by atoms with Crippen LogP contribution in [0.5, 0.6) is 0 Å². The molecule has 1 aliphatic heterocycles. The van der Waals surface area contributed by atoms with Crippen molar-refractivity contribution in [3.05, 3.63) is 54.6 Å². The van der Waals surface area contributed by atoms with Crippen LogP contribution in [-0.2, 0) is 0 Å². The first-order valence-corrected chi connectivity index (χ1v) is 7.99. The molecular weight excluding hydrogens is 270 g/mol. The first kappa shape index (κ1) is 13.3. The van der Waals surface area contributed by atoms with Gasteiger partial charge in [-0.05, 0) is 31.4 Å². The Hall–Kier alpha value is -2.42. The molecule has 1 aliphatic rings. The van der Waals surface area contributed by atoms with Crippen LogP contribution in [0.25, 0.3) is 22.3 Å². The standard InChI is InChI=1S/C19H19N3/c1-3-9-15(10-4-1)18-19(22-13-7-2-8-14-22)21-17-12-6-5-11-16(17)20-18/h1,3-6,9-12H,2,7-8,13-14H2. The maximum absolute atomic E-state index is 4.94. The molecule has 1 fully saturated rings. The Morgan fingerprint density at radius 1 is 0.682 bits per heavy atom. The second kappa shape index (κ2) is 5.76. The predicted molar refractivity (Wildman–Crippen MR) is 91.0 cm³/mol. The van der Waals surface area contributed by atoms with Crippen molar-refractivity contribution < 1.29 is 0 Å². The molecule has 4 rings (SSSR count). The van der Waals surface area contributed by atoms with Gasteiger partial charge in [0, 0.05) is 18.7 Å². The maximum Gasteiger partial charge on any atom is 0.155 e. The van der Waals surface area contributed by atoms with E-state index in [0.717, 1.165) is 41.2 Å². The quantitative estimate of drug-likeness (QED) is 0.705. The zero-order chi connectivity index (χ0) is 14.8. The molecule has 3 aromatic rings. The van der Waals surface area contributed by atoms with Gasteiger partial charge >= 0.3 is 0 Å². The van der Waals surface area contributed by atoms with Crippen LogP contribution in [0.1, 0.15) is 19.3 Å². The van der Waals surface area contributed by atoms with Gasteiger partial charge in [0.2, 0.25) is 0 Å². The Kier molecular flexibility index (Phi) is 3.47. The van der Waals surface area contributed by atoms with E-state index in [1.165, 1.54) is 19.3 Å². The predicted octanol–water partition coefficient (Wildman–Crippen LogP) is 4.29. The lowest BCUT2D eigenvalue weighted by molar-refractivity contribution is 0.574. The smallest absolute Gasteiger partial charge is 0.155 e. The second-order valence-electron chi connectivity index (χ2n) is 5.80. The van der Waals surface area contributed by atoms with Crippen LogP contribution in [0.15, 0.2) is 54.6 Å². The van der Waals surface area contributed by atoms with Crippen molar-refractivity contribution in [1.29, 1.82) is 0 Å². The fourth-order valence-corrected chi connectivity index (χ4v) is 3.11. The molecule has 2 aromatic carbocycles. The Labute approximate surface area is 130 Å². The third-order valence-corrected chi connectivity index (χ3v) is 4.25. The summed E-state index contributed by atoms with van der Waals surface area (Å²) in [4.78, 5) is 12.2. The Bertz CT molecular complexity index is 777. The largest absolute Gasteiger partial charge is 0.355 e. The fourth-order valence-electron chi connectivity index (χ4n) is 3.11. The van der Waals surface area contributed by atoms with Crippen molar-refractivity contribution in [3.8, 4) is 11.3 Å². The zero-order valence-electron chi connectivity index (χ0n) is 12.6. The fraction of sp³-hybridized carbons (Fsp3) is 0.263. The number of rotatable bonds is 2. The summed E-state index contributed by atoms with van der Waals surface area (Å²) in [5.41, 5.74) is 4.08. The highest BCUT2D eigenvalue weighted by Crippen LogP contribution is 2.31. The van der Waals surface area contributed by atoms with Crippen molar-refractivity contribution in [2.75, 3.05) is 18.0 Å². The van der Waals surface area contributed by atoms with Gasteiger partial charge in [-0.1, -0.05) is 42.5 Å². The number of aromatic nitrogens is 2. The van der Waals surface area contributed by atoms with Gasteiger partial charge in [-0.2, -0.15) is 0 Å². The van der Waals surface area contributed by atoms with Crippen molar-refractivity contribution in [1.82, 2.24) is 9.97 Å². The molecule has 0 aliphatic carbocycles. The molecule has 110 valence electrons. The number of para-hydroxylation sites is 2. The molecule has 2 heterocycles. The first-order chi connectivity index (χ1) is 10.9. The second-order valence-corrected chi connectivity index (χ2v) is 5.80. The van der Waals surface area contributed by atoms with Crippen LogP contribution < -0.4 is 4.90 Å². The molecule has 1 saturated heterocycles. The van der Waals surface area contributed by atoms with E-state index in [4.69, 9.17) is 9.97 Å². The summed E-state index contributed by atoms with van der Waals surface area (Å²) in [6.07, 6.45) is 3.80. The molecule has 0 bridgehead atoms. The average Bonchev–Trinajstić information content (AvgIpc) is 2.62. The summed E-state index contributed by atoms with van der Waals surface area (Å²) in [5.74, 6) is 1.03. The number of nitrogens with zero attached hydrogens (tertiary/aromatic N) is 3. The summed E-state index contributed by atoms with van der Waals surface area (Å²) < 4.78 is 0. The molecule has 0 unspecified atom stereocenters.